The number of rotatable bonds is 5. The number of nitrogens with zero attached hydrogens (tertiary/aromatic N) is 1. The zero-order valence-corrected chi connectivity index (χ0v) is 15.8. The first-order valence-corrected chi connectivity index (χ1v) is 9.71. The molecule has 0 aliphatic heterocycles. The van der Waals surface area contributed by atoms with E-state index in [2.05, 4.69) is 55.8 Å². The number of carbonyl (C=O) groups is 2. The van der Waals surface area contributed by atoms with Crippen LogP contribution in [0.15, 0.2) is 47.1 Å². The van der Waals surface area contributed by atoms with Crippen molar-refractivity contribution in [2.45, 2.75) is 37.6 Å². The van der Waals surface area contributed by atoms with Crippen LogP contribution in [0, 0.1) is 5.92 Å². The molecule has 0 unspecified atom stereocenters. The van der Waals surface area contributed by atoms with Gasteiger partial charge in [-0.3, -0.25) is 9.59 Å². The van der Waals surface area contributed by atoms with Gasteiger partial charge in [0.1, 0.15) is 5.82 Å². The summed E-state index contributed by atoms with van der Waals surface area (Å²) >= 11 is 3.45. The highest BCUT2D eigenvalue weighted by atomic mass is 79.9. The number of benzene rings is 1. The smallest absolute Gasteiger partial charge is 0.251 e. The molecule has 2 saturated carbocycles. The summed E-state index contributed by atoms with van der Waals surface area (Å²) in [4.78, 5) is 28.4. The minimum absolute atomic E-state index is 0.00797. The first-order chi connectivity index (χ1) is 12.6. The number of hydrogen-bond donors (Lipinski definition) is 2. The molecule has 2 aliphatic rings. The minimum atomic E-state index is -0.117. The molecule has 2 aliphatic carbocycles. The van der Waals surface area contributed by atoms with E-state index in [1.165, 1.54) is 5.56 Å². The van der Waals surface area contributed by atoms with E-state index < -0.39 is 0 Å². The Labute approximate surface area is 160 Å². The molecule has 1 aromatic carbocycles. The second-order valence-electron chi connectivity index (χ2n) is 7.08. The lowest BCUT2D eigenvalue weighted by Crippen LogP contribution is -2.43. The van der Waals surface area contributed by atoms with Crippen molar-refractivity contribution in [1.82, 2.24) is 10.3 Å². The van der Waals surface area contributed by atoms with Crippen LogP contribution in [0.1, 0.15) is 47.5 Å². The number of aromatic nitrogens is 1. The first kappa shape index (κ1) is 17.2. The summed E-state index contributed by atoms with van der Waals surface area (Å²) in [5, 5.41) is 5.85. The van der Waals surface area contributed by atoms with Gasteiger partial charge >= 0.3 is 0 Å². The number of pyridine rings is 1. The molecule has 2 fully saturated rings. The second kappa shape index (κ2) is 7.19. The minimum Gasteiger partial charge on any atom is -0.349 e. The normalized spacial score (nSPS) is 21.6. The Balaban J connectivity index is 1.31. The highest BCUT2D eigenvalue weighted by molar-refractivity contribution is 9.10. The van der Waals surface area contributed by atoms with E-state index in [4.69, 9.17) is 0 Å². The molecule has 0 atom stereocenters. The zero-order valence-electron chi connectivity index (χ0n) is 14.2. The van der Waals surface area contributed by atoms with Gasteiger partial charge in [0.05, 0.1) is 0 Å². The monoisotopic (exact) mass is 413 g/mol. The lowest BCUT2D eigenvalue weighted by molar-refractivity contribution is -0.117. The summed E-state index contributed by atoms with van der Waals surface area (Å²) in [6.45, 7) is 0. The molecule has 134 valence electrons. The van der Waals surface area contributed by atoms with Crippen molar-refractivity contribution in [3.8, 4) is 0 Å². The Hall–Kier alpha value is -2.21. The molecular weight excluding hydrogens is 394 g/mol. The maximum absolute atomic E-state index is 12.5. The topological polar surface area (TPSA) is 71.1 Å². The average molecular weight is 414 g/mol. The molecule has 2 aromatic rings. The molecule has 5 nitrogen and oxygen atoms in total. The number of anilines is 1. The van der Waals surface area contributed by atoms with Crippen molar-refractivity contribution in [3.05, 3.63) is 58.2 Å². The molecule has 2 N–H and O–H groups in total. The summed E-state index contributed by atoms with van der Waals surface area (Å²) in [6.07, 6.45) is 5.33. The van der Waals surface area contributed by atoms with Crippen molar-refractivity contribution >= 4 is 33.6 Å². The van der Waals surface area contributed by atoms with Gasteiger partial charge in [0.15, 0.2) is 0 Å². The van der Waals surface area contributed by atoms with Gasteiger partial charge in [0.25, 0.3) is 5.91 Å². The number of carbonyl (C=O) groups excluding carboxylic acids is 2. The molecule has 0 saturated heterocycles. The summed E-state index contributed by atoms with van der Waals surface area (Å²) in [6, 6.07) is 11.9. The first-order valence-electron chi connectivity index (χ1n) is 8.92. The maximum Gasteiger partial charge on any atom is 0.251 e. The van der Waals surface area contributed by atoms with Crippen LogP contribution in [0.25, 0.3) is 0 Å². The predicted octanol–water partition coefficient (Wildman–Crippen LogP) is 3.87. The fourth-order valence-corrected chi connectivity index (χ4v) is 3.49. The lowest BCUT2D eigenvalue weighted by Gasteiger charge is -2.36. The largest absolute Gasteiger partial charge is 0.349 e. The maximum atomic E-state index is 12.5. The SMILES string of the molecule is O=C(NC1CC(c2ccc(Br)cc2)C1)c1ccnc(NC(=O)C2CC2)c1. The van der Waals surface area contributed by atoms with Crippen LogP contribution in [0.2, 0.25) is 0 Å². The third-order valence-corrected chi connectivity index (χ3v) is 5.56. The summed E-state index contributed by atoms with van der Waals surface area (Å²) in [7, 11) is 0. The van der Waals surface area contributed by atoms with Gasteiger partial charge in [-0.2, -0.15) is 0 Å². The summed E-state index contributed by atoms with van der Waals surface area (Å²) in [5.41, 5.74) is 1.84. The van der Waals surface area contributed by atoms with Crippen LogP contribution in [0.4, 0.5) is 5.82 Å². The number of amides is 2. The highest BCUT2D eigenvalue weighted by Gasteiger charge is 2.32. The van der Waals surface area contributed by atoms with Crippen LogP contribution in [0.5, 0.6) is 0 Å². The quantitative estimate of drug-likeness (QED) is 0.781. The molecule has 26 heavy (non-hydrogen) atoms. The lowest BCUT2D eigenvalue weighted by atomic mass is 9.76. The van der Waals surface area contributed by atoms with Crippen LogP contribution >= 0.6 is 15.9 Å². The van der Waals surface area contributed by atoms with Crippen molar-refractivity contribution in [3.63, 3.8) is 0 Å². The van der Waals surface area contributed by atoms with E-state index in [0.717, 1.165) is 30.2 Å². The summed E-state index contributed by atoms with van der Waals surface area (Å²) < 4.78 is 1.08. The van der Waals surface area contributed by atoms with Gasteiger partial charge in [0, 0.05) is 28.2 Å². The Bertz CT molecular complexity index is 827. The van der Waals surface area contributed by atoms with Crippen molar-refractivity contribution in [1.29, 1.82) is 0 Å². The van der Waals surface area contributed by atoms with Crippen LogP contribution in [-0.2, 0) is 4.79 Å². The Morgan fingerprint density at radius 1 is 1.08 bits per heavy atom. The number of hydrogen-bond acceptors (Lipinski definition) is 3. The van der Waals surface area contributed by atoms with Crippen molar-refractivity contribution < 1.29 is 9.59 Å². The molecular formula is C20H20BrN3O2. The molecule has 2 amide bonds. The van der Waals surface area contributed by atoms with Crippen LogP contribution < -0.4 is 10.6 Å². The van der Waals surface area contributed by atoms with E-state index in [-0.39, 0.29) is 23.8 Å². The van der Waals surface area contributed by atoms with Gasteiger partial charge in [-0.05, 0) is 61.4 Å². The van der Waals surface area contributed by atoms with Gasteiger partial charge < -0.3 is 10.6 Å². The van der Waals surface area contributed by atoms with Gasteiger partial charge in [-0.15, -0.1) is 0 Å². The molecule has 1 heterocycles. The number of halogens is 1. The fourth-order valence-electron chi connectivity index (χ4n) is 3.23. The van der Waals surface area contributed by atoms with Gasteiger partial charge in [-0.1, -0.05) is 28.1 Å². The fraction of sp³-hybridized carbons (Fsp3) is 0.350. The molecule has 0 radical (unpaired) electrons. The third-order valence-electron chi connectivity index (χ3n) is 5.04. The van der Waals surface area contributed by atoms with Crippen LogP contribution in [-0.4, -0.2) is 22.8 Å². The van der Waals surface area contributed by atoms with E-state index in [9.17, 15) is 9.59 Å². The predicted molar refractivity (Wildman–Crippen MR) is 103 cm³/mol. The Kier molecular flexibility index (Phi) is 4.76. The van der Waals surface area contributed by atoms with E-state index in [1.54, 1.807) is 18.3 Å². The molecule has 1 aromatic heterocycles. The van der Waals surface area contributed by atoms with Gasteiger partial charge in [-0.25, -0.2) is 4.98 Å². The van der Waals surface area contributed by atoms with Crippen molar-refractivity contribution in [2.75, 3.05) is 5.32 Å². The second-order valence-corrected chi connectivity index (χ2v) is 8.00. The molecule has 0 bridgehead atoms. The summed E-state index contributed by atoms with van der Waals surface area (Å²) in [5.74, 6) is 0.926. The molecule has 6 heteroatoms. The molecule has 4 rings (SSSR count). The van der Waals surface area contributed by atoms with Crippen molar-refractivity contribution in [2.24, 2.45) is 5.92 Å². The van der Waals surface area contributed by atoms with Crippen LogP contribution in [0.3, 0.4) is 0 Å². The Morgan fingerprint density at radius 2 is 1.81 bits per heavy atom. The third kappa shape index (κ3) is 3.96. The zero-order chi connectivity index (χ0) is 18.1. The van der Waals surface area contributed by atoms with Gasteiger partial charge in [0.2, 0.25) is 5.91 Å². The standard InChI is InChI=1S/C20H20BrN3O2/c21-16-5-3-12(4-6-16)15-9-17(10-15)23-20(26)14-7-8-22-18(11-14)24-19(25)13-1-2-13/h3-8,11,13,15,17H,1-2,9-10H2,(H,23,26)(H,22,24,25). The highest BCUT2D eigenvalue weighted by Crippen LogP contribution is 2.37. The Morgan fingerprint density at radius 3 is 2.50 bits per heavy atom. The molecule has 0 spiro atoms. The average Bonchev–Trinajstić information content (AvgIpc) is 3.44. The van der Waals surface area contributed by atoms with E-state index in [0.29, 0.717) is 17.3 Å². The van der Waals surface area contributed by atoms with E-state index >= 15 is 0 Å². The van der Waals surface area contributed by atoms with E-state index in [1.807, 2.05) is 0 Å². The number of nitrogens with one attached hydrogen (secondary N) is 2.